The number of nitrogens with one attached hydrogen (secondary N) is 2. The zero-order valence-corrected chi connectivity index (χ0v) is 14.8. The summed E-state index contributed by atoms with van der Waals surface area (Å²) < 4.78 is 18.9. The van der Waals surface area contributed by atoms with Gasteiger partial charge in [0.1, 0.15) is 12.0 Å². The number of rotatable bonds is 8. The van der Waals surface area contributed by atoms with Crippen LogP contribution in [0, 0.1) is 11.7 Å². The molecule has 0 spiro atoms. The smallest absolute Gasteiger partial charge is 0.402 e. The van der Waals surface area contributed by atoms with E-state index in [0.717, 1.165) is 6.07 Å². The van der Waals surface area contributed by atoms with Crippen LogP contribution in [0.3, 0.4) is 0 Å². The second-order valence-corrected chi connectivity index (χ2v) is 6.37. The number of hydrogen-bond acceptors (Lipinski definition) is 5. The molecule has 1 aromatic carbocycles. The van der Waals surface area contributed by atoms with Crippen LogP contribution < -0.4 is 10.6 Å². The topological polar surface area (TPSA) is 108 Å². The highest BCUT2D eigenvalue weighted by molar-refractivity contribution is 9.10. The third-order valence-electron chi connectivity index (χ3n) is 2.88. The zero-order chi connectivity index (χ0) is 18.3. The van der Waals surface area contributed by atoms with Gasteiger partial charge in [0, 0.05) is 4.47 Å². The zero-order valence-electron chi connectivity index (χ0n) is 13.3. The summed E-state index contributed by atoms with van der Waals surface area (Å²) in [6, 6.07) is 3.89. The van der Waals surface area contributed by atoms with Gasteiger partial charge in [0.25, 0.3) is 5.91 Å². The summed E-state index contributed by atoms with van der Waals surface area (Å²) in [5.74, 6) is -1.93. The van der Waals surface area contributed by atoms with E-state index in [2.05, 4.69) is 26.6 Å². The van der Waals surface area contributed by atoms with Crippen LogP contribution >= 0.6 is 15.9 Å². The van der Waals surface area contributed by atoms with Crippen molar-refractivity contribution in [2.75, 3.05) is 6.54 Å². The molecular weight excluding hydrogens is 386 g/mol. The molecule has 0 aliphatic heterocycles. The molecule has 24 heavy (non-hydrogen) atoms. The molecule has 4 N–H and O–H groups in total. The molecule has 1 atom stereocenters. The van der Waals surface area contributed by atoms with E-state index in [9.17, 15) is 14.0 Å². The molecular formula is C14H19BBrFN2O5. The Bertz CT molecular complexity index is 578. The monoisotopic (exact) mass is 404 g/mol. The van der Waals surface area contributed by atoms with Crippen molar-refractivity contribution in [2.24, 2.45) is 5.92 Å². The number of carbonyl (C=O) groups is 2. The highest BCUT2D eigenvalue weighted by Crippen LogP contribution is 2.15. The lowest BCUT2D eigenvalue weighted by atomic mass is 10.1. The number of hydrogen-bond donors (Lipinski definition) is 4. The first-order chi connectivity index (χ1) is 11.2. The van der Waals surface area contributed by atoms with Gasteiger partial charge in [0.2, 0.25) is 5.91 Å². The Kier molecular flexibility index (Phi) is 8.33. The first kappa shape index (κ1) is 20.6. The average molecular weight is 405 g/mol. The van der Waals surface area contributed by atoms with E-state index in [0.29, 0.717) is 10.9 Å². The predicted octanol–water partition coefficient (Wildman–Crippen LogP) is 0.792. The van der Waals surface area contributed by atoms with Gasteiger partial charge in [-0.1, -0.05) is 29.8 Å². The quantitative estimate of drug-likeness (QED) is 0.378. The van der Waals surface area contributed by atoms with Gasteiger partial charge < -0.3 is 25.3 Å². The van der Waals surface area contributed by atoms with Gasteiger partial charge in [0.15, 0.2) is 0 Å². The highest BCUT2D eigenvalue weighted by Gasteiger charge is 2.21. The van der Waals surface area contributed by atoms with Crippen LogP contribution in [0.5, 0.6) is 0 Å². The first-order valence-electron chi connectivity index (χ1n) is 7.23. The van der Waals surface area contributed by atoms with Crippen LogP contribution in [0.1, 0.15) is 30.6 Å². The van der Waals surface area contributed by atoms with Crippen molar-refractivity contribution >= 4 is 35.1 Å². The minimum Gasteiger partial charge on any atom is -0.402 e. The Morgan fingerprint density at radius 2 is 2.04 bits per heavy atom. The van der Waals surface area contributed by atoms with Gasteiger partial charge in [-0.15, -0.1) is 0 Å². The van der Waals surface area contributed by atoms with Crippen molar-refractivity contribution in [1.82, 2.24) is 10.6 Å². The van der Waals surface area contributed by atoms with Gasteiger partial charge >= 0.3 is 7.32 Å². The second-order valence-electron chi connectivity index (χ2n) is 5.45. The third kappa shape index (κ3) is 7.39. The van der Waals surface area contributed by atoms with Crippen LogP contribution in [0.4, 0.5) is 4.39 Å². The molecule has 0 unspecified atom stereocenters. The van der Waals surface area contributed by atoms with Gasteiger partial charge in [0.05, 0.1) is 12.1 Å². The van der Waals surface area contributed by atoms with E-state index in [1.807, 2.05) is 13.8 Å². The molecule has 0 aromatic heterocycles. The lowest BCUT2D eigenvalue weighted by Gasteiger charge is -2.21. The second kappa shape index (κ2) is 9.72. The van der Waals surface area contributed by atoms with Gasteiger partial charge in [-0.3, -0.25) is 9.59 Å². The number of amides is 2. The Morgan fingerprint density at radius 1 is 1.38 bits per heavy atom. The predicted molar refractivity (Wildman–Crippen MR) is 89.1 cm³/mol. The largest absolute Gasteiger partial charge is 0.635 e. The summed E-state index contributed by atoms with van der Waals surface area (Å²) in [7, 11) is -2.03. The lowest BCUT2D eigenvalue weighted by Crippen LogP contribution is -2.46. The summed E-state index contributed by atoms with van der Waals surface area (Å²) in [6.45, 7) is 3.32. The van der Waals surface area contributed by atoms with Gasteiger partial charge in [-0.2, -0.15) is 0 Å². The molecule has 132 valence electrons. The van der Waals surface area contributed by atoms with Crippen LogP contribution in [-0.4, -0.2) is 42.0 Å². The maximum absolute atomic E-state index is 13.6. The SMILES string of the molecule is CC(C)C[C@H](NC(=O)CNC(=O)c1cc(Br)ccc1F)OB(O)O. The Labute approximate surface area is 147 Å². The minimum absolute atomic E-state index is 0.124. The van der Waals surface area contributed by atoms with Crippen LogP contribution in [0.2, 0.25) is 0 Å². The molecule has 10 heteroatoms. The Hall–Kier alpha value is -1.49. The molecule has 0 aliphatic rings. The lowest BCUT2D eigenvalue weighted by molar-refractivity contribution is -0.123. The molecule has 1 aromatic rings. The normalized spacial score (nSPS) is 12.0. The fourth-order valence-electron chi connectivity index (χ4n) is 1.88. The molecule has 0 bridgehead atoms. The van der Waals surface area contributed by atoms with E-state index in [-0.39, 0.29) is 11.5 Å². The molecule has 7 nitrogen and oxygen atoms in total. The molecule has 1 rings (SSSR count). The van der Waals surface area contributed by atoms with Crippen molar-refractivity contribution in [3.05, 3.63) is 34.1 Å². The highest BCUT2D eigenvalue weighted by atomic mass is 79.9. The summed E-state index contributed by atoms with van der Waals surface area (Å²) in [5, 5.41) is 22.4. The van der Waals surface area contributed by atoms with Crippen molar-refractivity contribution in [1.29, 1.82) is 0 Å². The number of carbonyl (C=O) groups excluding carboxylic acids is 2. The molecule has 0 saturated carbocycles. The van der Waals surface area contributed by atoms with E-state index in [1.165, 1.54) is 12.1 Å². The molecule has 0 heterocycles. The molecule has 0 saturated heterocycles. The molecule has 0 fully saturated rings. The van der Waals surface area contributed by atoms with Crippen LogP contribution in [-0.2, 0) is 9.45 Å². The van der Waals surface area contributed by atoms with E-state index in [4.69, 9.17) is 14.7 Å². The fraction of sp³-hybridized carbons (Fsp3) is 0.429. The molecule has 2 amide bonds. The van der Waals surface area contributed by atoms with Crippen molar-refractivity contribution in [2.45, 2.75) is 26.5 Å². The van der Waals surface area contributed by atoms with Crippen LogP contribution in [0.25, 0.3) is 0 Å². The maximum atomic E-state index is 13.6. The minimum atomic E-state index is -2.03. The fourth-order valence-corrected chi connectivity index (χ4v) is 2.24. The Morgan fingerprint density at radius 3 is 2.62 bits per heavy atom. The third-order valence-corrected chi connectivity index (χ3v) is 3.37. The van der Waals surface area contributed by atoms with Crippen molar-refractivity contribution in [3.8, 4) is 0 Å². The number of benzene rings is 1. The summed E-state index contributed by atoms with van der Waals surface area (Å²) >= 11 is 3.13. The average Bonchev–Trinajstić information content (AvgIpc) is 2.45. The summed E-state index contributed by atoms with van der Waals surface area (Å²) in [4.78, 5) is 23.7. The summed E-state index contributed by atoms with van der Waals surface area (Å²) in [5.41, 5.74) is -0.196. The van der Waals surface area contributed by atoms with Gasteiger partial charge in [-0.25, -0.2) is 4.39 Å². The van der Waals surface area contributed by atoms with E-state index >= 15 is 0 Å². The molecule has 0 radical (unpaired) electrons. The standard InChI is InChI=1S/C14H19BBrFN2O5/c1-8(2)5-13(24-15(22)23)19-12(20)7-18-14(21)10-6-9(16)3-4-11(10)17/h3-4,6,8,13,22-23H,5,7H2,1-2H3,(H,18,21)(H,19,20)/t13-/m1/s1. The Balaban J connectivity index is 2.57. The van der Waals surface area contributed by atoms with Gasteiger partial charge in [-0.05, 0) is 30.5 Å². The van der Waals surface area contributed by atoms with Crippen molar-refractivity contribution < 1.29 is 28.7 Å². The maximum Gasteiger partial charge on any atom is 0.635 e. The first-order valence-corrected chi connectivity index (χ1v) is 8.02. The number of halogens is 2. The van der Waals surface area contributed by atoms with Crippen molar-refractivity contribution in [3.63, 3.8) is 0 Å². The summed E-state index contributed by atoms with van der Waals surface area (Å²) in [6.07, 6.45) is -0.575. The molecule has 0 aliphatic carbocycles. The van der Waals surface area contributed by atoms with Crippen LogP contribution in [0.15, 0.2) is 22.7 Å². The van der Waals surface area contributed by atoms with E-state index in [1.54, 1.807) is 0 Å². The van der Waals surface area contributed by atoms with E-state index < -0.39 is 37.7 Å².